The van der Waals surface area contributed by atoms with Gasteiger partial charge in [0.2, 0.25) is 7.37 Å². The van der Waals surface area contributed by atoms with Gasteiger partial charge in [-0.25, -0.2) is 4.79 Å². The minimum absolute atomic E-state index is 0.0475. The fourth-order valence-corrected chi connectivity index (χ4v) is 3.97. The minimum atomic E-state index is -3.85. The molecule has 0 aliphatic carbocycles. The van der Waals surface area contributed by atoms with Gasteiger partial charge in [-0.05, 0) is 17.9 Å². The summed E-state index contributed by atoms with van der Waals surface area (Å²) in [5, 5.41) is 11.1. The van der Waals surface area contributed by atoms with Crippen LogP contribution >= 0.6 is 7.37 Å². The van der Waals surface area contributed by atoms with Crippen molar-refractivity contribution in [2.75, 3.05) is 6.16 Å². The molecule has 0 aliphatic rings. The topological polar surface area (TPSA) is 113 Å². The molecular weight excluding hydrogens is 333 g/mol. The second-order valence-electron chi connectivity index (χ2n) is 5.97. The molecule has 134 valence electrons. The van der Waals surface area contributed by atoms with E-state index in [1.165, 1.54) is 0 Å². The zero-order valence-corrected chi connectivity index (χ0v) is 14.7. The van der Waals surface area contributed by atoms with Crippen LogP contribution in [0.4, 0.5) is 4.79 Å². The van der Waals surface area contributed by atoms with Gasteiger partial charge < -0.3 is 20.1 Å². The Morgan fingerprint density at radius 1 is 1.25 bits per heavy atom. The van der Waals surface area contributed by atoms with Gasteiger partial charge in [-0.3, -0.25) is 9.36 Å². The van der Waals surface area contributed by atoms with Crippen molar-refractivity contribution in [1.29, 1.82) is 0 Å². The van der Waals surface area contributed by atoms with E-state index >= 15 is 0 Å². The Labute approximate surface area is 141 Å². The highest BCUT2D eigenvalue weighted by Gasteiger charge is 2.33. The number of benzene rings is 1. The van der Waals surface area contributed by atoms with E-state index in [0.29, 0.717) is 0 Å². The average Bonchev–Trinajstić information content (AvgIpc) is 2.51. The fraction of sp³-hybridized carbons (Fsp3) is 0.500. The van der Waals surface area contributed by atoms with E-state index in [1.807, 2.05) is 32.0 Å². The molecule has 0 bridgehead atoms. The van der Waals surface area contributed by atoms with E-state index in [0.717, 1.165) is 5.56 Å². The number of carbonyl (C=O) groups excluding carboxylic acids is 1. The molecule has 7 nitrogen and oxygen atoms in total. The number of carbonyl (C=O) groups is 2. The summed E-state index contributed by atoms with van der Waals surface area (Å²) in [7, 11) is -3.85. The quantitative estimate of drug-likeness (QED) is 0.586. The summed E-state index contributed by atoms with van der Waals surface area (Å²) in [6, 6.07) is 9.05. The fourth-order valence-electron chi connectivity index (χ4n) is 2.08. The maximum Gasteiger partial charge on any atom is 0.408 e. The SMILES string of the molecule is CC(C)C[C@H](NC(=O)OCc1ccccc1)P(=O)(O)CCC(=O)O. The number of carboxylic acids is 1. The normalized spacial score (nSPS) is 14.7. The maximum atomic E-state index is 12.4. The number of hydrogen-bond acceptors (Lipinski definition) is 4. The van der Waals surface area contributed by atoms with E-state index in [-0.39, 0.29) is 18.9 Å². The van der Waals surface area contributed by atoms with Crippen LogP contribution < -0.4 is 5.32 Å². The van der Waals surface area contributed by atoms with E-state index < -0.39 is 37.8 Å². The van der Waals surface area contributed by atoms with Gasteiger partial charge in [0.1, 0.15) is 12.4 Å². The molecule has 1 rings (SSSR count). The highest BCUT2D eigenvalue weighted by atomic mass is 31.2. The lowest BCUT2D eigenvalue weighted by molar-refractivity contribution is -0.136. The van der Waals surface area contributed by atoms with Crippen molar-refractivity contribution >= 4 is 19.4 Å². The van der Waals surface area contributed by atoms with Crippen molar-refractivity contribution in [1.82, 2.24) is 5.32 Å². The molecule has 0 heterocycles. The Balaban J connectivity index is 2.65. The predicted octanol–water partition coefficient (Wildman–Crippen LogP) is 3.03. The summed E-state index contributed by atoms with van der Waals surface area (Å²) in [6.45, 7) is 3.74. The first-order valence-corrected chi connectivity index (χ1v) is 9.62. The molecule has 1 aromatic rings. The summed E-state index contributed by atoms with van der Waals surface area (Å²) in [5.74, 6) is -2.13. The zero-order chi connectivity index (χ0) is 18.2. The van der Waals surface area contributed by atoms with Crippen molar-refractivity contribution in [3.63, 3.8) is 0 Å². The molecule has 0 fully saturated rings. The standard InChI is InChI=1S/C16H24NO6P/c1-12(2)10-14(24(21,22)9-8-15(18)19)17-16(20)23-11-13-6-4-3-5-7-13/h3-7,12,14H,8-11H2,1-2H3,(H,17,20)(H,18,19)(H,21,22)/t14-/m1/s1. The van der Waals surface area contributed by atoms with Crippen molar-refractivity contribution in [2.45, 2.75) is 39.1 Å². The number of rotatable bonds is 9. The van der Waals surface area contributed by atoms with Crippen molar-refractivity contribution < 1.29 is 28.9 Å². The van der Waals surface area contributed by atoms with Crippen molar-refractivity contribution in [3.05, 3.63) is 35.9 Å². The van der Waals surface area contributed by atoms with Gasteiger partial charge in [0.15, 0.2) is 0 Å². The molecule has 1 amide bonds. The first-order valence-electron chi connectivity index (χ1n) is 7.71. The lowest BCUT2D eigenvalue weighted by Gasteiger charge is -2.25. The largest absolute Gasteiger partial charge is 0.481 e. The van der Waals surface area contributed by atoms with Crippen LogP contribution in [0.25, 0.3) is 0 Å². The molecule has 0 aliphatic heterocycles. The second-order valence-corrected chi connectivity index (χ2v) is 8.56. The average molecular weight is 357 g/mol. The third-order valence-electron chi connectivity index (χ3n) is 3.32. The highest BCUT2D eigenvalue weighted by molar-refractivity contribution is 7.58. The van der Waals surface area contributed by atoms with E-state index in [4.69, 9.17) is 9.84 Å². The van der Waals surface area contributed by atoms with E-state index in [1.54, 1.807) is 12.1 Å². The molecule has 0 saturated heterocycles. The summed E-state index contributed by atoms with van der Waals surface area (Å²) in [6.07, 6.45) is -1.36. The Morgan fingerprint density at radius 3 is 2.42 bits per heavy atom. The summed E-state index contributed by atoms with van der Waals surface area (Å²) in [4.78, 5) is 32.7. The number of alkyl carbamates (subject to hydrolysis) is 1. The van der Waals surface area contributed by atoms with Crippen LogP contribution in [0.1, 0.15) is 32.3 Å². The minimum Gasteiger partial charge on any atom is -0.481 e. The molecule has 0 aromatic heterocycles. The van der Waals surface area contributed by atoms with Gasteiger partial charge in [0.05, 0.1) is 6.42 Å². The molecule has 0 radical (unpaired) electrons. The van der Waals surface area contributed by atoms with Gasteiger partial charge in [0.25, 0.3) is 0 Å². The molecule has 2 atom stereocenters. The van der Waals surface area contributed by atoms with Crippen LogP contribution in [0.15, 0.2) is 30.3 Å². The van der Waals surface area contributed by atoms with Gasteiger partial charge in [-0.2, -0.15) is 0 Å². The van der Waals surface area contributed by atoms with Crippen molar-refractivity contribution in [3.8, 4) is 0 Å². The Bertz CT molecular complexity index is 589. The second kappa shape index (κ2) is 9.45. The predicted molar refractivity (Wildman–Crippen MR) is 90.0 cm³/mol. The van der Waals surface area contributed by atoms with E-state index in [9.17, 15) is 19.0 Å². The summed E-state index contributed by atoms with van der Waals surface area (Å²) >= 11 is 0. The number of carboxylic acid groups (broad SMARTS) is 1. The number of aliphatic carboxylic acids is 1. The van der Waals surface area contributed by atoms with Gasteiger partial charge in [-0.15, -0.1) is 0 Å². The van der Waals surface area contributed by atoms with Crippen LogP contribution in [0.3, 0.4) is 0 Å². The van der Waals surface area contributed by atoms with Crippen molar-refractivity contribution in [2.24, 2.45) is 5.92 Å². The lowest BCUT2D eigenvalue weighted by Crippen LogP contribution is -2.36. The van der Waals surface area contributed by atoms with Crippen LogP contribution in [0, 0.1) is 5.92 Å². The first kappa shape index (κ1) is 20.2. The first-order chi connectivity index (χ1) is 11.2. The Hall–Kier alpha value is -1.85. The molecule has 0 saturated carbocycles. The highest BCUT2D eigenvalue weighted by Crippen LogP contribution is 2.47. The third-order valence-corrected chi connectivity index (χ3v) is 5.50. The smallest absolute Gasteiger partial charge is 0.408 e. The van der Waals surface area contributed by atoms with Crippen LogP contribution in [0.5, 0.6) is 0 Å². The van der Waals surface area contributed by atoms with Gasteiger partial charge >= 0.3 is 12.1 Å². The summed E-state index contributed by atoms with van der Waals surface area (Å²) in [5.41, 5.74) is 0.797. The molecule has 1 aromatic carbocycles. The molecule has 3 N–H and O–H groups in total. The third kappa shape index (κ3) is 7.62. The lowest BCUT2D eigenvalue weighted by atomic mass is 10.1. The number of nitrogens with one attached hydrogen (secondary N) is 1. The molecule has 0 spiro atoms. The van der Waals surface area contributed by atoms with Crippen LogP contribution in [-0.4, -0.2) is 34.0 Å². The Morgan fingerprint density at radius 2 is 1.88 bits per heavy atom. The summed E-state index contributed by atoms with van der Waals surface area (Å²) < 4.78 is 17.4. The number of hydrogen-bond donors (Lipinski definition) is 3. The van der Waals surface area contributed by atoms with E-state index in [2.05, 4.69) is 5.32 Å². The molecule has 1 unspecified atom stereocenters. The number of ether oxygens (including phenoxy) is 1. The zero-order valence-electron chi connectivity index (χ0n) is 13.8. The van der Waals surface area contributed by atoms with Gasteiger partial charge in [0, 0.05) is 6.16 Å². The monoisotopic (exact) mass is 357 g/mol. The molecule has 8 heteroatoms. The van der Waals surface area contributed by atoms with Crippen LogP contribution in [0.2, 0.25) is 0 Å². The number of amides is 1. The molecule has 24 heavy (non-hydrogen) atoms. The van der Waals surface area contributed by atoms with Gasteiger partial charge in [-0.1, -0.05) is 44.2 Å². The maximum absolute atomic E-state index is 12.4. The Kier molecular flexibility index (Phi) is 7.95. The van der Waals surface area contributed by atoms with Crippen LogP contribution in [-0.2, 0) is 20.7 Å². The molecular formula is C16H24NO6P.